The van der Waals surface area contributed by atoms with Crippen LogP contribution in [0.15, 0.2) is 36.4 Å². The normalized spacial score (nSPS) is 9.94. The molecule has 0 saturated carbocycles. The predicted octanol–water partition coefficient (Wildman–Crippen LogP) is 3.01. The fourth-order valence-corrected chi connectivity index (χ4v) is 2.29. The maximum Gasteiger partial charge on any atom is 0.337 e. The lowest BCUT2D eigenvalue weighted by molar-refractivity contribution is 0.0600. The van der Waals surface area contributed by atoms with Gasteiger partial charge in [-0.25, -0.2) is 4.79 Å². The van der Waals surface area contributed by atoms with Gasteiger partial charge in [0.2, 0.25) is 0 Å². The molecular formula is C13H10O3S. The molecule has 0 bridgehead atoms. The lowest BCUT2D eigenvalue weighted by Crippen LogP contribution is -2.00. The lowest BCUT2D eigenvalue weighted by atomic mass is 10.1. The van der Waals surface area contributed by atoms with Gasteiger partial charge in [0.25, 0.3) is 0 Å². The summed E-state index contributed by atoms with van der Waals surface area (Å²) in [5.41, 5.74) is 1.50. The average molecular weight is 246 g/mol. The quantitative estimate of drug-likeness (QED) is 0.617. The second-order valence-corrected chi connectivity index (χ2v) is 4.50. The first-order valence-corrected chi connectivity index (χ1v) is 5.80. The van der Waals surface area contributed by atoms with Gasteiger partial charge >= 0.3 is 5.97 Å². The van der Waals surface area contributed by atoms with E-state index in [0.29, 0.717) is 10.4 Å². The summed E-state index contributed by atoms with van der Waals surface area (Å²) in [5.74, 6) is -0.351. The minimum atomic E-state index is -0.351. The summed E-state index contributed by atoms with van der Waals surface area (Å²) in [5, 5.41) is 0. The van der Waals surface area contributed by atoms with E-state index in [1.807, 2.05) is 18.2 Å². The summed E-state index contributed by atoms with van der Waals surface area (Å²) in [4.78, 5) is 23.5. The maximum absolute atomic E-state index is 11.2. The second-order valence-electron chi connectivity index (χ2n) is 3.39. The number of benzene rings is 1. The average Bonchev–Trinajstić information content (AvgIpc) is 2.87. The first-order valence-electron chi connectivity index (χ1n) is 4.98. The van der Waals surface area contributed by atoms with E-state index < -0.39 is 0 Å². The van der Waals surface area contributed by atoms with E-state index in [-0.39, 0.29) is 5.97 Å². The zero-order chi connectivity index (χ0) is 12.3. The number of esters is 1. The summed E-state index contributed by atoms with van der Waals surface area (Å²) < 4.78 is 4.62. The SMILES string of the molecule is COC(=O)c1ccc(-c2ccc(C=O)s2)cc1. The Hall–Kier alpha value is -1.94. The second kappa shape index (κ2) is 4.93. The van der Waals surface area contributed by atoms with Crippen LogP contribution in [0.2, 0.25) is 0 Å². The Bertz CT molecular complexity index is 540. The van der Waals surface area contributed by atoms with E-state index in [1.54, 1.807) is 18.2 Å². The van der Waals surface area contributed by atoms with Gasteiger partial charge < -0.3 is 4.74 Å². The molecule has 0 aliphatic rings. The molecule has 0 aliphatic carbocycles. The van der Waals surface area contributed by atoms with Gasteiger partial charge in [0, 0.05) is 4.88 Å². The Morgan fingerprint density at radius 1 is 1.18 bits per heavy atom. The number of ether oxygens (including phenoxy) is 1. The van der Waals surface area contributed by atoms with E-state index in [4.69, 9.17) is 0 Å². The molecule has 1 heterocycles. The van der Waals surface area contributed by atoms with Crippen LogP contribution in [-0.2, 0) is 4.74 Å². The summed E-state index contributed by atoms with van der Waals surface area (Å²) >= 11 is 1.42. The molecular weight excluding hydrogens is 236 g/mol. The molecule has 0 spiro atoms. The predicted molar refractivity (Wildman–Crippen MR) is 66.5 cm³/mol. The summed E-state index contributed by atoms with van der Waals surface area (Å²) in [7, 11) is 1.35. The zero-order valence-electron chi connectivity index (χ0n) is 9.17. The Morgan fingerprint density at radius 3 is 2.41 bits per heavy atom. The molecule has 86 valence electrons. The van der Waals surface area contributed by atoms with E-state index >= 15 is 0 Å². The Kier molecular flexibility index (Phi) is 3.35. The van der Waals surface area contributed by atoms with Crippen LogP contribution >= 0.6 is 11.3 Å². The molecule has 1 aromatic heterocycles. The van der Waals surface area contributed by atoms with E-state index in [9.17, 15) is 9.59 Å². The van der Waals surface area contributed by atoms with Crippen molar-refractivity contribution in [2.45, 2.75) is 0 Å². The Morgan fingerprint density at radius 2 is 1.88 bits per heavy atom. The molecule has 0 aliphatic heterocycles. The fraction of sp³-hybridized carbons (Fsp3) is 0.0769. The minimum Gasteiger partial charge on any atom is -0.465 e. The molecule has 4 heteroatoms. The smallest absolute Gasteiger partial charge is 0.337 e. The van der Waals surface area contributed by atoms with Gasteiger partial charge in [-0.2, -0.15) is 0 Å². The number of hydrogen-bond donors (Lipinski definition) is 0. The molecule has 2 rings (SSSR count). The van der Waals surface area contributed by atoms with Crippen molar-refractivity contribution >= 4 is 23.6 Å². The topological polar surface area (TPSA) is 43.4 Å². The maximum atomic E-state index is 11.2. The van der Waals surface area contributed by atoms with Gasteiger partial charge in [-0.05, 0) is 29.8 Å². The molecule has 2 aromatic rings. The number of rotatable bonds is 3. The number of carbonyl (C=O) groups is 2. The summed E-state index contributed by atoms with van der Waals surface area (Å²) in [6.07, 6.45) is 0.830. The van der Waals surface area contributed by atoms with Gasteiger partial charge in [-0.3, -0.25) is 4.79 Å². The van der Waals surface area contributed by atoms with Gasteiger partial charge in [-0.1, -0.05) is 12.1 Å². The Labute approximate surface area is 103 Å². The van der Waals surface area contributed by atoms with E-state index in [0.717, 1.165) is 16.7 Å². The highest BCUT2D eigenvalue weighted by molar-refractivity contribution is 7.17. The van der Waals surface area contributed by atoms with Crippen molar-refractivity contribution in [3.8, 4) is 10.4 Å². The number of thiophene rings is 1. The Balaban J connectivity index is 2.28. The number of aldehydes is 1. The van der Waals surface area contributed by atoms with Crippen molar-refractivity contribution in [2.24, 2.45) is 0 Å². The number of hydrogen-bond acceptors (Lipinski definition) is 4. The summed E-state index contributed by atoms with van der Waals surface area (Å²) in [6, 6.07) is 10.8. The van der Waals surface area contributed by atoms with E-state index in [2.05, 4.69) is 4.74 Å². The van der Waals surface area contributed by atoms with Gasteiger partial charge in [-0.15, -0.1) is 11.3 Å². The fourth-order valence-electron chi connectivity index (χ4n) is 1.46. The van der Waals surface area contributed by atoms with Crippen LogP contribution in [0, 0.1) is 0 Å². The highest BCUT2D eigenvalue weighted by Gasteiger charge is 2.06. The van der Waals surface area contributed by atoms with Crippen LogP contribution in [0.5, 0.6) is 0 Å². The van der Waals surface area contributed by atoms with Crippen molar-refractivity contribution < 1.29 is 14.3 Å². The molecule has 3 nitrogen and oxygen atoms in total. The summed E-state index contributed by atoms with van der Waals surface area (Å²) in [6.45, 7) is 0. The molecule has 17 heavy (non-hydrogen) atoms. The van der Waals surface area contributed by atoms with Crippen LogP contribution in [0.4, 0.5) is 0 Å². The van der Waals surface area contributed by atoms with Crippen LogP contribution in [-0.4, -0.2) is 19.4 Å². The molecule has 0 amide bonds. The molecule has 0 N–H and O–H groups in total. The molecule has 0 unspecified atom stereocenters. The molecule has 1 aromatic carbocycles. The minimum absolute atomic E-state index is 0.351. The third kappa shape index (κ3) is 2.42. The third-order valence-corrected chi connectivity index (χ3v) is 3.39. The molecule has 0 fully saturated rings. The highest BCUT2D eigenvalue weighted by Crippen LogP contribution is 2.27. The first-order chi connectivity index (χ1) is 8.24. The van der Waals surface area contributed by atoms with Gasteiger partial charge in [0.1, 0.15) is 0 Å². The van der Waals surface area contributed by atoms with Gasteiger partial charge in [0.15, 0.2) is 6.29 Å². The molecule has 0 atom stereocenters. The largest absolute Gasteiger partial charge is 0.465 e. The first kappa shape index (κ1) is 11.5. The van der Waals surface area contributed by atoms with Crippen molar-refractivity contribution in [3.63, 3.8) is 0 Å². The van der Waals surface area contributed by atoms with E-state index in [1.165, 1.54) is 18.4 Å². The molecule has 0 saturated heterocycles. The van der Waals surface area contributed by atoms with Crippen molar-refractivity contribution in [1.29, 1.82) is 0 Å². The number of methoxy groups -OCH3 is 1. The van der Waals surface area contributed by atoms with Crippen LogP contribution < -0.4 is 0 Å². The standard InChI is InChI=1S/C13H10O3S/c1-16-13(15)10-4-2-9(3-5-10)12-7-6-11(8-14)17-12/h2-8H,1H3. The van der Waals surface area contributed by atoms with Crippen molar-refractivity contribution in [3.05, 3.63) is 46.8 Å². The van der Waals surface area contributed by atoms with Crippen LogP contribution in [0.3, 0.4) is 0 Å². The zero-order valence-corrected chi connectivity index (χ0v) is 9.99. The third-order valence-electron chi connectivity index (χ3n) is 2.33. The number of carbonyl (C=O) groups excluding carboxylic acids is 2. The van der Waals surface area contributed by atoms with Crippen molar-refractivity contribution in [2.75, 3.05) is 7.11 Å². The van der Waals surface area contributed by atoms with Crippen LogP contribution in [0.25, 0.3) is 10.4 Å². The highest BCUT2D eigenvalue weighted by atomic mass is 32.1. The molecule has 0 radical (unpaired) electrons. The van der Waals surface area contributed by atoms with Gasteiger partial charge in [0.05, 0.1) is 17.6 Å². The van der Waals surface area contributed by atoms with Crippen molar-refractivity contribution in [1.82, 2.24) is 0 Å². The van der Waals surface area contributed by atoms with Crippen LogP contribution in [0.1, 0.15) is 20.0 Å². The lowest BCUT2D eigenvalue weighted by Gasteiger charge is -2.00. The monoisotopic (exact) mass is 246 g/mol.